The molecule has 2 aliphatic carbocycles. The van der Waals surface area contributed by atoms with Gasteiger partial charge in [0.15, 0.2) is 0 Å². The lowest BCUT2D eigenvalue weighted by molar-refractivity contribution is -0.137. The quantitative estimate of drug-likeness (QED) is 0.791. The molecule has 2 aliphatic rings. The highest BCUT2D eigenvalue weighted by molar-refractivity contribution is 5.79. The Labute approximate surface area is 98.4 Å². The number of hydrogen-bond acceptors (Lipinski definition) is 2. The molecule has 1 amide bonds. The molecule has 0 heterocycles. The second-order valence-corrected chi connectivity index (χ2v) is 5.31. The first-order valence-electron chi connectivity index (χ1n) is 6.76. The van der Waals surface area contributed by atoms with Gasteiger partial charge < -0.3 is 10.6 Å². The van der Waals surface area contributed by atoms with Crippen molar-refractivity contribution in [2.75, 3.05) is 13.1 Å². The summed E-state index contributed by atoms with van der Waals surface area (Å²) < 4.78 is 0. The van der Waals surface area contributed by atoms with Crippen LogP contribution in [0.4, 0.5) is 0 Å². The van der Waals surface area contributed by atoms with Crippen molar-refractivity contribution in [3.05, 3.63) is 0 Å². The monoisotopic (exact) mass is 224 g/mol. The molecule has 0 bridgehead atoms. The molecule has 2 fully saturated rings. The molecule has 3 nitrogen and oxygen atoms in total. The van der Waals surface area contributed by atoms with E-state index < -0.39 is 0 Å². The molecule has 92 valence electrons. The average Bonchev–Trinajstić information content (AvgIpc) is 3.14. The molecule has 0 spiro atoms. The normalized spacial score (nSPS) is 30.1. The summed E-state index contributed by atoms with van der Waals surface area (Å²) in [6, 6.07) is 0.574. The summed E-state index contributed by atoms with van der Waals surface area (Å²) in [6.07, 6.45) is 6.85. The summed E-state index contributed by atoms with van der Waals surface area (Å²) in [7, 11) is 0. The highest BCUT2D eigenvalue weighted by Crippen LogP contribution is 2.33. The molecule has 0 aromatic rings. The number of nitrogens with zero attached hydrogens (tertiary/aromatic N) is 1. The van der Waals surface area contributed by atoms with Crippen LogP contribution in [0.15, 0.2) is 0 Å². The predicted octanol–water partition coefficient (Wildman–Crippen LogP) is 1.76. The van der Waals surface area contributed by atoms with Crippen molar-refractivity contribution in [1.82, 2.24) is 4.90 Å². The molecular weight excluding hydrogens is 200 g/mol. The Kier molecular flexibility index (Phi) is 3.85. The van der Waals surface area contributed by atoms with Crippen LogP contribution in [0.5, 0.6) is 0 Å². The van der Waals surface area contributed by atoms with Crippen LogP contribution < -0.4 is 5.73 Å². The fourth-order valence-corrected chi connectivity index (χ4v) is 2.86. The minimum Gasteiger partial charge on any atom is -0.340 e. The predicted molar refractivity (Wildman–Crippen MR) is 64.9 cm³/mol. The first-order chi connectivity index (χ1) is 7.76. The Morgan fingerprint density at radius 3 is 2.25 bits per heavy atom. The molecule has 0 saturated heterocycles. The van der Waals surface area contributed by atoms with E-state index in [-0.39, 0.29) is 0 Å². The highest BCUT2D eigenvalue weighted by atomic mass is 16.2. The van der Waals surface area contributed by atoms with Crippen molar-refractivity contribution < 1.29 is 4.79 Å². The van der Waals surface area contributed by atoms with E-state index in [0.29, 0.717) is 23.8 Å². The van der Waals surface area contributed by atoms with Crippen LogP contribution in [0, 0.1) is 11.8 Å². The van der Waals surface area contributed by atoms with E-state index in [1.165, 1.54) is 12.8 Å². The van der Waals surface area contributed by atoms with Gasteiger partial charge in [-0.05, 0) is 57.9 Å². The third kappa shape index (κ3) is 2.57. The molecule has 0 aliphatic heterocycles. The fraction of sp³-hybridized carbons (Fsp3) is 0.923. The molecule has 0 atom stereocenters. The van der Waals surface area contributed by atoms with Gasteiger partial charge in [-0.2, -0.15) is 0 Å². The summed E-state index contributed by atoms with van der Waals surface area (Å²) in [5.74, 6) is 1.38. The van der Waals surface area contributed by atoms with E-state index in [4.69, 9.17) is 5.73 Å². The maximum absolute atomic E-state index is 12.3. The zero-order chi connectivity index (χ0) is 11.5. The smallest absolute Gasteiger partial charge is 0.225 e. The van der Waals surface area contributed by atoms with E-state index in [2.05, 4.69) is 11.8 Å². The molecule has 2 rings (SSSR count). The lowest BCUT2D eigenvalue weighted by atomic mass is 9.81. The Morgan fingerprint density at radius 2 is 1.81 bits per heavy atom. The first-order valence-corrected chi connectivity index (χ1v) is 6.76. The maximum Gasteiger partial charge on any atom is 0.225 e. The van der Waals surface area contributed by atoms with Gasteiger partial charge in [0.2, 0.25) is 5.91 Å². The van der Waals surface area contributed by atoms with Gasteiger partial charge in [-0.25, -0.2) is 0 Å². The first kappa shape index (κ1) is 11.9. The van der Waals surface area contributed by atoms with Gasteiger partial charge in [-0.15, -0.1) is 0 Å². The zero-order valence-electron chi connectivity index (χ0n) is 10.3. The summed E-state index contributed by atoms with van der Waals surface area (Å²) in [6.45, 7) is 3.78. The number of hydrogen-bond donors (Lipinski definition) is 1. The number of carbonyl (C=O) groups is 1. The minimum atomic E-state index is 0.295. The summed E-state index contributed by atoms with van der Waals surface area (Å²) in [5, 5.41) is 0. The van der Waals surface area contributed by atoms with E-state index in [0.717, 1.165) is 38.8 Å². The topological polar surface area (TPSA) is 46.3 Å². The van der Waals surface area contributed by atoms with Gasteiger partial charge >= 0.3 is 0 Å². The highest BCUT2D eigenvalue weighted by Gasteiger charge is 2.35. The SMILES string of the molecule is CCN(C(=O)C1CCC(CN)CC1)C1CC1. The number of amides is 1. The molecule has 0 radical (unpaired) electrons. The minimum absolute atomic E-state index is 0.295. The summed E-state index contributed by atoms with van der Waals surface area (Å²) in [5.41, 5.74) is 5.67. The standard InChI is InChI=1S/C13H24N2O/c1-2-15(12-7-8-12)13(16)11-5-3-10(9-14)4-6-11/h10-12H,2-9,14H2,1H3. The molecule has 0 aromatic heterocycles. The molecule has 2 N–H and O–H groups in total. The largest absolute Gasteiger partial charge is 0.340 e. The van der Waals surface area contributed by atoms with Crippen molar-refractivity contribution in [3.8, 4) is 0 Å². The second-order valence-electron chi connectivity index (χ2n) is 5.31. The van der Waals surface area contributed by atoms with Gasteiger partial charge in [-0.1, -0.05) is 0 Å². The number of carbonyl (C=O) groups excluding carboxylic acids is 1. The van der Waals surface area contributed by atoms with Gasteiger partial charge in [0.05, 0.1) is 0 Å². The lowest BCUT2D eigenvalue weighted by Gasteiger charge is -2.31. The van der Waals surface area contributed by atoms with Crippen molar-refractivity contribution >= 4 is 5.91 Å². The van der Waals surface area contributed by atoms with Gasteiger partial charge in [0.1, 0.15) is 0 Å². The molecule has 16 heavy (non-hydrogen) atoms. The Morgan fingerprint density at radius 1 is 1.19 bits per heavy atom. The molecule has 0 unspecified atom stereocenters. The van der Waals surface area contributed by atoms with E-state index in [1.54, 1.807) is 0 Å². The van der Waals surface area contributed by atoms with Crippen LogP contribution >= 0.6 is 0 Å². The van der Waals surface area contributed by atoms with Crippen LogP contribution in [-0.4, -0.2) is 29.9 Å². The second kappa shape index (κ2) is 5.17. The number of rotatable bonds is 4. The van der Waals surface area contributed by atoms with Crippen molar-refractivity contribution in [2.45, 2.75) is 51.5 Å². The van der Waals surface area contributed by atoms with Crippen molar-refractivity contribution in [3.63, 3.8) is 0 Å². The van der Waals surface area contributed by atoms with Crippen LogP contribution in [0.3, 0.4) is 0 Å². The van der Waals surface area contributed by atoms with Crippen LogP contribution in [0.25, 0.3) is 0 Å². The Balaban J connectivity index is 1.85. The third-order valence-corrected chi connectivity index (χ3v) is 4.14. The van der Waals surface area contributed by atoms with Gasteiger partial charge in [-0.3, -0.25) is 4.79 Å². The molecular formula is C13H24N2O. The Bertz CT molecular complexity index is 242. The average molecular weight is 224 g/mol. The third-order valence-electron chi connectivity index (χ3n) is 4.14. The maximum atomic E-state index is 12.3. The van der Waals surface area contributed by atoms with Crippen molar-refractivity contribution in [1.29, 1.82) is 0 Å². The summed E-state index contributed by atoms with van der Waals surface area (Å²) in [4.78, 5) is 14.4. The van der Waals surface area contributed by atoms with E-state index >= 15 is 0 Å². The zero-order valence-corrected chi connectivity index (χ0v) is 10.3. The van der Waals surface area contributed by atoms with Gasteiger partial charge in [0, 0.05) is 18.5 Å². The summed E-state index contributed by atoms with van der Waals surface area (Å²) >= 11 is 0. The number of nitrogens with two attached hydrogens (primary N) is 1. The molecule has 3 heteroatoms. The lowest BCUT2D eigenvalue weighted by Crippen LogP contribution is -2.39. The Hall–Kier alpha value is -0.570. The van der Waals surface area contributed by atoms with Crippen LogP contribution in [0.1, 0.15) is 45.4 Å². The van der Waals surface area contributed by atoms with Gasteiger partial charge in [0.25, 0.3) is 0 Å². The fourth-order valence-electron chi connectivity index (χ4n) is 2.86. The van der Waals surface area contributed by atoms with Crippen LogP contribution in [-0.2, 0) is 4.79 Å². The van der Waals surface area contributed by atoms with Crippen LogP contribution in [0.2, 0.25) is 0 Å². The van der Waals surface area contributed by atoms with Crippen molar-refractivity contribution in [2.24, 2.45) is 17.6 Å². The molecule has 2 saturated carbocycles. The van der Waals surface area contributed by atoms with E-state index in [1.807, 2.05) is 0 Å². The van der Waals surface area contributed by atoms with E-state index in [9.17, 15) is 4.79 Å². The molecule has 0 aromatic carbocycles.